The van der Waals surface area contributed by atoms with Crippen LogP contribution in [0.4, 0.5) is 0 Å². The molecule has 0 aromatic heterocycles. The highest BCUT2D eigenvalue weighted by Crippen LogP contribution is 2.39. The van der Waals surface area contributed by atoms with E-state index in [2.05, 4.69) is 25.7 Å². The summed E-state index contributed by atoms with van der Waals surface area (Å²) in [5.74, 6) is 0.831. The lowest BCUT2D eigenvalue weighted by atomic mass is 9.92. The van der Waals surface area contributed by atoms with Crippen molar-refractivity contribution in [2.75, 3.05) is 19.6 Å². The first-order chi connectivity index (χ1) is 7.55. The van der Waals surface area contributed by atoms with E-state index < -0.39 is 0 Å². The molecule has 3 nitrogen and oxygen atoms in total. The predicted octanol–water partition coefficient (Wildman–Crippen LogP) is 1.61. The van der Waals surface area contributed by atoms with Crippen LogP contribution in [0.1, 0.15) is 40.0 Å². The van der Waals surface area contributed by atoms with Gasteiger partial charge in [-0.05, 0) is 39.0 Å². The fraction of sp³-hybridized carbons (Fsp3) is 1.00. The highest BCUT2D eigenvalue weighted by atomic mass is 16.5. The Hall–Kier alpha value is -0.120. The number of nitrogens with two attached hydrogens (primary N) is 1. The first kappa shape index (κ1) is 12.3. The molecule has 2 aliphatic rings. The fourth-order valence-electron chi connectivity index (χ4n) is 3.53. The number of rotatable bonds is 2. The van der Waals surface area contributed by atoms with Gasteiger partial charge in [0.05, 0.1) is 12.2 Å². The zero-order chi connectivity index (χ0) is 11.8. The Morgan fingerprint density at radius 1 is 1.25 bits per heavy atom. The highest BCUT2D eigenvalue weighted by Gasteiger charge is 2.43. The SMILES string of the molecule is CC1CCC(CN)(N2CC(C)OC(C)C2)C1. The molecule has 2 fully saturated rings. The Labute approximate surface area is 99.3 Å². The summed E-state index contributed by atoms with van der Waals surface area (Å²) in [6.07, 6.45) is 4.57. The van der Waals surface area contributed by atoms with Crippen molar-refractivity contribution < 1.29 is 4.74 Å². The van der Waals surface area contributed by atoms with Crippen LogP contribution < -0.4 is 5.73 Å². The van der Waals surface area contributed by atoms with Gasteiger partial charge in [0.2, 0.25) is 0 Å². The van der Waals surface area contributed by atoms with Gasteiger partial charge in [0.1, 0.15) is 0 Å². The molecule has 2 rings (SSSR count). The molecule has 3 heteroatoms. The standard InChI is InChI=1S/C13H26N2O/c1-10-4-5-13(6-10,9-14)15-7-11(2)16-12(3)8-15/h10-12H,4-9,14H2,1-3H3. The maximum absolute atomic E-state index is 6.07. The molecule has 1 aliphatic carbocycles. The van der Waals surface area contributed by atoms with Gasteiger partial charge in [-0.1, -0.05) is 6.92 Å². The van der Waals surface area contributed by atoms with Crippen molar-refractivity contribution >= 4 is 0 Å². The number of hydrogen-bond acceptors (Lipinski definition) is 3. The molecule has 1 aliphatic heterocycles. The molecule has 0 aromatic carbocycles. The third kappa shape index (κ3) is 2.27. The van der Waals surface area contributed by atoms with Crippen molar-refractivity contribution in [2.45, 2.75) is 57.8 Å². The van der Waals surface area contributed by atoms with Crippen LogP contribution in [0.2, 0.25) is 0 Å². The highest BCUT2D eigenvalue weighted by molar-refractivity contribution is 4.99. The minimum atomic E-state index is 0.270. The molecule has 94 valence electrons. The first-order valence-electron chi connectivity index (χ1n) is 6.66. The van der Waals surface area contributed by atoms with Gasteiger partial charge in [-0.15, -0.1) is 0 Å². The van der Waals surface area contributed by atoms with E-state index in [1.807, 2.05) is 0 Å². The second kappa shape index (κ2) is 4.63. The van der Waals surface area contributed by atoms with Gasteiger partial charge < -0.3 is 10.5 Å². The third-order valence-electron chi connectivity index (χ3n) is 4.30. The van der Waals surface area contributed by atoms with Crippen LogP contribution >= 0.6 is 0 Å². The molecular formula is C13H26N2O. The molecule has 1 saturated carbocycles. The van der Waals surface area contributed by atoms with Crippen LogP contribution in [0.5, 0.6) is 0 Å². The smallest absolute Gasteiger partial charge is 0.0678 e. The van der Waals surface area contributed by atoms with E-state index in [0.717, 1.165) is 25.6 Å². The Morgan fingerprint density at radius 2 is 1.88 bits per heavy atom. The van der Waals surface area contributed by atoms with Crippen molar-refractivity contribution in [3.05, 3.63) is 0 Å². The predicted molar refractivity (Wildman–Crippen MR) is 66.4 cm³/mol. The first-order valence-corrected chi connectivity index (χ1v) is 6.66. The minimum Gasteiger partial charge on any atom is -0.373 e. The average Bonchev–Trinajstić information content (AvgIpc) is 2.60. The largest absolute Gasteiger partial charge is 0.373 e. The molecule has 0 amide bonds. The Kier molecular flexibility index (Phi) is 3.57. The monoisotopic (exact) mass is 226 g/mol. The summed E-state index contributed by atoms with van der Waals surface area (Å²) in [5, 5.41) is 0. The molecule has 0 spiro atoms. The maximum atomic E-state index is 6.07. The Balaban J connectivity index is 2.09. The molecule has 1 heterocycles. The van der Waals surface area contributed by atoms with E-state index >= 15 is 0 Å². The van der Waals surface area contributed by atoms with Gasteiger partial charge in [-0.2, -0.15) is 0 Å². The zero-order valence-electron chi connectivity index (χ0n) is 10.9. The zero-order valence-corrected chi connectivity index (χ0v) is 10.9. The summed E-state index contributed by atoms with van der Waals surface area (Å²) in [6.45, 7) is 9.60. The summed E-state index contributed by atoms with van der Waals surface area (Å²) in [6, 6.07) is 0. The van der Waals surface area contributed by atoms with Gasteiger partial charge in [-0.3, -0.25) is 4.90 Å². The van der Waals surface area contributed by atoms with E-state index in [1.165, 1.54) is 19.3 Å². The van der Waals surface area contributed by atoms with Crippen LogP contribution in [-0.4, -0.2) is 42.3 Å². The number of nitrogens with zero attached hydrogens (tertiary/aromatic N) is 1. The lowest BCUT2D eigenvalue weighted by Crippen LogP contribution is -2.59. The Morgan fingerprint density at radius 3 is 2.31 bits per heavy atom. The van der Waals surface area contributed by atoms with Gasteiger partial charge >= 0.3 is 0 Å². The molecule has 4 atom stereocenters. The fourth-order valence-corrected chi connectivity index (χ4v) is 3.53. The summed E-state index contributed by atoms with van der Waals surface area (Å²) in [4.78, 5) is 2.61. The molecule has 0 aromatic rings. The summed E-state index contributed by atoms with van der Waals surface area (Å²) < 4.78 is 5.81. The van der Waals surface area contributed by atoms with Crippen LogP contribution in [0.15, 0.2) is 0 Å². The lowest BCUT2D eigenvalue weighted by Gasteiger charge is -2.46. The number of ether oxygens (including phenoxy) is 1. The van der Waals surface area contributed by atoms with Crippen molar-refractivity contribution in [2.24, 2.45) is 11.7 Å². The van der Waals surface area contributed by atoms with E-state index in [1.54, 1.807) is 0 Å². The maximum Gasteiger partial charge on any atom is 0.0678 e. The quantitative estimate of drug-likeness (QED) is 0.777. The van der Waals surface area contributed by atoms with Crippen molar-refractivity contribution in [1.29, 1.82) is 0 Å². The molecule has 1 saturated heterocycles. The van der Waals surface area contributed by atoms with Gasteiger partial charge in [0.25, 0.3) is 0 Å². The molecular weight excluding hydrogens is 200 g/mol. The van der Waals surface area contributed by atoms with Crippen molar-refractivity contribution in [3.63, 3.8) is 0 Å². The summed E-state index contributed by atoms with van der Waals surface area (Å²) >= 11 is 0. The average molecular weight is 226 g/mol. The van der Waals surface area contributed by atoms with Gasteiger partial charge in [0, 0.05) is 25.2 Å². The Bertz CT molecular complexity index is 236. The molecule has 2 N–H and O–H groups in total. The van der Waals surface area contributed by atoms with E-state index in [9.17, 15) is 0 Å². The van der Waals surface area contributed by atoms with Crippen molar-refractivity contribution in [1.82, 2.24) is 4.90 Å². The summed E-state index contributed by atoms with van der Waals surface area (Å²) in [5.41, 5.74) is 6.34. The molecule has 4 unspecified atom stereocenters. The third-order valence-corrected chi connectivity index (χ3v) is 4.30. The molecule has 0 radical (unpaired) electrons. The van der Waals surface area contributed by atoms with E-state index in [0.29, 0.717) is 12.2 Å². The number of morpholine rings is 1. The lowest BCUT2D eigenvalue weighted by molar-refractivity contribution is -0.100. The van der Waals surface area contributed by atoms with E-state index in [4.69, 9.17) is 10.5 Å². The molecule has 0 bridgehead atoms. The van der Waals surface area contributed by atoms with Gasteiger partial charge in [-0.25, -0.2) is 0 Å². The van der Waals surface area contributed by atoms with Crippen molar-refractivity contribution in [3.8, 4) is 0 Å². The summed E-state index contributed by atoms with van der Waals surface area (Å²) in [7, 11) is 0. The van der Waals surface area contributed by atoms with E-state index in [-0.39, 0.29) is 5.54 Å². The van der Waals surface area contributed by atoms with Crippen LogP contribution in [0.3, 0.4) is 0 Å². The van der Waals surface area contributed by atoms with Crippen LogP contribution in [0.25, 0.3) is 0 Å². The molecule has 16 heavy (non-hydrogen) atoms. The topological polar surface area (TPSA) is 38.5 Å². The second-order valence-corrected chi connectivity index (χ2v) is 5.94. The minimum absolute atomic E-state index is 0.270. The second-order valence-electron chi connectivity index (χ2n) is 5.94. The van der Waals surface area contributed by atoms with Crippen LogP contribution in [0, 0.1) is 5.92 Å². The van der Waals surface area contributed by atoms with Crippen LogP contribution in [-0.2, 0) is 4.74 Å². The van der Waals surface area contributed by atoms with Gasteiger partial charge in [0.15, 0.2) is 0 Å². The normalized spacial score (nSPS) is 46.1. The number of hydrogen-bond donors (Lipinski definition) is 1.